The van der Waals surface area contributed by atoms with Crippen LogP contribution in [0.1, 0.15) is 19.4 Å². The summed E-state index contributed by atoms with van der Waals surface area (Å²) in [4.78, 5) is 24.5. The van der Waals surface area contributed by atoms with Crippen LogP contribution < -0.4 is 10.2 Å². The monoisotopic (exact) mass is 258 g/mol. The maximum Gasteiger partial charge on any atom is 0.258 e. The molecule has 4 nitrogen and oxygen atoms in total. The number of likely N-dealkylation sites (N-methyl/N-ethyl adjacent to an activating group) is 1. The minimum Gasteiger partial charge on any atom is -0.314 e. The third-order valence-electron chi connectivity index (χ3n) is 3.07. The highest BCUT2D eigenvalue weighted by Crippen LogP contribution is 2.20. The van der Waals surface area contributed by atoms with Crippen LogP contribution in [0.15, 0.2) is 36.4 Å². The maximum absolute atomic E-state index is 11.6. The van der Waals surface area contributed by atoms with Crippen LogP contribution in [0, 0.1) is 0 Å². The lowest BCUT2D eigenvalue weighted by Gasteiger charge is -2.16. The standard InChI is InChI=1S/C15H18N2O2/c1-3-16-11(2)9-12-5-4-6-13(10-12)17-14(18)7-8-15(17)19/h4-8,10-11,16H,3,9H2,1-2H3. The molecule has 0 radical (unpaired) electrons. The highest BCUT2D eigenvalue weighted by Gasteiger charge is 2.25. The highest BCUT2D eigenvalue weighted by molar-refractivity contribution is 6.28. The van der Waals surface area contributed by atoms with Crippen molar-refractivity contribution in [1.82, 2.24) is 5.32 Å². The van der Waals surface area contributed by atoms with E-state index in [1.165, 1.54) is 17.1 Å². The molecule has 0 saturated heterocycles. The fourth-order valence-electron chi connectivity index (χ4n) is 2.25. The van der Waals surface area contributed by atoms with Crippen LogP contribution in [0.2, 0.25) is 0 Å². The predicted octanol–water partition coefficient (Wildman–Crippen LogP) is 1.66. The van der Waals surface area contributed by atoms with Crippen molar-refractivity contribution in [2.45, 2.75) is 26.3 Å². The highest BCUT2D eigenvalue weighted by atomic mass is 16.2. The average Bonchev–Trinajstić information content (AvgIpc) is 2.69. The molecule has 100 valence electrons. The molecule has 0 fully saturated rings. The van der Waals surface area contributed by atoms with E-state index in [1.807, 2.05) is 18.2 Å². The number of carbonyl (C=O) groups excluding carboxylic acids is 2. The van der Waals surface area contributed by atoms with Gasteiger partial charge in [-0.05, 0) is 37.6 Å². The van der Waals surface area contributed by atoms with Crippen molar-refractivity contribution in [3.8, 4) is 0 Å². The van der Waals surface area contributed by atoms with Crippen LogP contribution in [0.4, 0.5) is 5.69 Å². The summed E-state index contributed by atoms with van der Waals surface area (Å²) in [5.74, 6) is -0.552. The number of imide groups is 1. The normalized spacial score (nSPS) is 16.2. The molecule has 1 aliphatic heterocycles. The molecule has 1 unspecified atom stereocenters. The molecule has 0 spiro atoms. The summed E-state index contributed by atoms with van der Waals surface area (Å²) < 4.78 is 0. The minimum absolute atomic E-state index is 0.276. The van der Waals surface area contributed by atoms with Gasteiger partial charge in [-0.25, -0.2) is 4.90 Å². The Morgan fingerprint density at radius 3 is 2.53 bits per heavy atom. The summed E-state index contributed by atoms with van der Waals surface area (Å²) in [6.07, 6.45) is 3.47. The SMILES string of the molecule is CCNC(C)Cc1cccc(N2C(=O)C=CC2=O)c1. The van der Waals surface area contributed by atoms with Crippen molar-refractivity contribution in [2.75, 3.05) is 11.4 Å². The molecule has 1 aromatic rings. The van der Waals surface area contributed by atoms with Crippen LogP contribution in [0.5, 0.6) is 0 Å². The molecular weight excluding hydrogens is 240 g/mol. The van der Waals surface area contributed by atoms with E-state index >= 15 is 0 Å². The second-order valence-electron chi connectivity index (χ2n) is 4.68. The maximum atomic E-state index is 11.6. The van der Waals surface area contributed by atoms with Crippen molar-refractivity contribution in [3.63, 3.8) is 0 Å². The number of nitrogens with zero attached hydrogens (tertiary/aromatic N) is 1. The third-order valence-corrected chi connectivity index (χ3v) is 3.07. The van der Waals surface area contributed by atoms with Gasteiger partial charge in [0.05, 0.1) is 5.69 Å². The fraction of sp³-hybridized carbons (Fsp3) is 0.333. The molecule has 1 aliphatic rings. The molecule has 1 heterocycles. The van der Waals surface area contributed by atoms with Crippen LogP contribution in [-0.4, -0.2) is 24.4 Å². The summed E-state index contributed by atoms with van der Waals surface area (Å²) in [5, 5.41) is 3.34. The topological polar surface area (TPSA) is 49.4 Å². The molecule has 0 aromatic heterocycles. The number of carbonyl (C=O) groups is 2. The second kappa shape index (κ2) is 5.80. The predicted molar refractivity (Wildman–Crippen MR) is 74.9 cm³/mol. The Hall–Kier alpha value is -1.94. The van der Waals surface area contributed by atoms with E-state index in [0.29, 0.717) is 11.7 Å². The Labute approximate surface area is 113 Å². The lowest BCUT2D eigenvalue weighted by atomic mass is 10.1. The Morgan fingerprint density at radius 2 is 1.89 bits per heavy atom. The Balaban J connectivity index is 2.15. The molecule has 19 heavy (non-hydrogen) atoms. The van der Waals surface area contributed by atoms with E-state index in [0.717, 1.165) is 18.5 Å². The van der Waals surface area contributed by atoms with Gasteiger partial charge in [0.15, 0.2) is 0 Å². The summed E-state index contributed by atoms with van der Waals surface area (Å²) >= 11 is 0. The second-order valence-corrected chi connectivity index (χ2v) is 4.68. The first-order chi connectivity index (χ1) is 9.11. The first-order valence-electron chi connectivity index (χ1n) is 6.50. The van der Waals surface area contributed by atoms with Crippen LogP contribution in [-0.2, 0) is 16.0 Å². The number of benzene rings is 1. The van der Waals surface area contributed by atoms with Crippen LogP contribution in [0.25, 0.3) is 0 Å². The van der Waals surface area contributed by atoms with Gasteiger partial charge in [-0.3, -0.25) is 9.59 Å². The smallest absolute Gasteiger partial charge is 0.258 e. The molecular formula is C15H18N2O2. The fourth-order valence-corrected chi connectivity index (χ4v) is 2.25. The van der Waals surface area contributed by atoms with Gasteiger partial charge in [-0.15, -0.1) is 0 Å². The molecule has 0 aliphatic carbocycles. The zero-order valence-electron chi connectivity index (χ0n) is 11.2. The number of rotatable bonds is 5. The van der Waals surface area contributed by atoms with Crippen LogP contribution >= 0.6 is 0 Å². The zero-order chi connectivity index (χ0) is 13.8. The van der Waals surface area contributed by atoms with Crippen LogP contribution in [0.3, 0.4) is 0 Å². The zero-order valence-corrected chi connectivity index (χ0v) is 11.2. The van der Waals surface area contributed by atoms with Gasteiger partial charge in [-0.1, -0.05) is 19.1 Å². The molecule has 1 N–H and O–H groups in total. The van der Waals surface area contributed by atoms with Gasteiger partial charge in [0, 0.05) is 18.2 Å². The number of hydrogen-bond donors (Lipinski definition) is 1. The van der Waals surface area contributed by atoms with Gasteiger partial charge >= 0.3 is 0 Å². The number of hydrogen-bond acceptors (Lipinski definition) is 3. The van der Waals surface area contributed by atoms with Gasteiger partial charge in [0.2, 0.25) is 0 Å². The molecule has 2 amide bonds. The van der Waals surface area contributed by atoms with E-state index in [-0.39, 0.29) is 11.8 Å². The largest absolute Gasteiger partial charge is 0.314 e. The van der Waals surface area contributed by atoms with Gasteiger partial charge in [0.25, 0.3) is 11.8 Å². The quantitative estimate of drug-likeness (QED) is 0.817. The number of anilines is 1. The molecule has 0 bridgehead atoms. The van der Waals surface area contributed by atoms with Gasteiger partial charge in [0.1, 0.15) is 0 Å². The number of amides is 2. The lowest BCUT2D eigenvalue weighted by molar-refractivity contribution is -0.119. The number of nitrogens with one attached hydrogen (secondary N) is 1. The molecule has 4 heteroatoms. The lowest BCUT2D eigenvalue weighted by Crippen LogP contribution is -2.30. The van der Waals surface area contributed by atoms with E-state index in [2.05, 4.69) is 19.2 Å². The Bertz CT molecular complexity index is 505. The first-order valence-corrected chi connectivity index (χ1v) is 6.50. The average molecular weight is 258 g/mol. The Morgan fingerprint density at radius 1 is 1.21 bits per heavy atom. The first kappa shape index (κ1) is 13.5. The van der Waals surface area contributed by atoms with Crippen molar-refractivity contribution in [3.05, 3.63) is 42.0 Å². The molecule has 0 saturated carbocycles. The van der Waals surface area contributed by atoms with Crippen molar-refractivity contribution in [2.24, 2.45) is 0 Å². The third kappa shape index (κ3) is 3.09. The summed E-state index contributed by atoms with van der Waals surface area (Å²) in [6, 6.07) is 7.93. The van der Waals surface area contributed by atoms with Crippen molar-refractivity contribution in [1.29, 1.82) is 0 Å². The van der Waals surface area contributed by atoms with Crippen molar-refractivity contribution >= 4 is 17.5 Å². The van der Waals surface area contributed by atoms with E-state index in [1.54, 1.807) is 6.07 Å². The van der Waals surface area contributed by atoms with Crippen molar-refractivity contribution < 1.29 is 9.59 Å². The summed E-state index contributed by atoms with van der Waals surface area (Å²) in [6.45, 7) is 5.11. The summed E-state index contributed by atoms with van der Waals surface area (Å²) in [7, 11) is 0. The molecule has 2 rings (SSSR count). The molecule has 1 aromatic carbocycles. The van der Waals surface area contributed by atoms with E-state index in [9.17, 15) is 9.59 Å². The summed E-state index contributed by atoms with van der Waals surface area (Å²) in [5.41, 5.74) is 1.75. The molecule has 1 atom stereocenters. The van der Waals surface area contributed by atoms with E-state index in [4.69, 9.17) is 0 Å². The van der Waals surface area contributed by atoms with Gasteiger partial charge < -0.3 is 5.32 Å². The minimum atomic E-state index is -0.276. The van der Waals surface area contributed by atoms with Gasteiger partial charge in [-0.2, -0.15) is 0 Å². The van der Waals surface area contributed by atoms with E-state index < -0.39 is 0 Å². The Kier molecular flexibility index (Phi) is 4.12.